The highest BCUT2D eigenvalue weighted by Gasteiger charge is 2.30. The topological polar surface area (TPSA) is 55.1 Å². The molecule has 24 heavy (non-hydrogen) atoms. The molecule has 6 heteroatoms. The molecule has 3 N–H and O–H groups in total. The summed E-state index contributed by atoms with van der Waals surface area (Å²) < 4.78 is 37.7. The molecule has 0 radical (unpaired) electrons. The molecule has 1 amide bonds. The van der Waals surface area contributed by atoms with E-state index < -0.39 is 23.8 Å². The largest absolute Gasteiger partial charge is 0.416 e. The maximum absolute atomic E-state index is 12.6. The van der Waals surface area contributed by atoms with Crippen molar-refractivity contribution in [1.29, 1.82) is 0 Å². The molecule has 2 aromatic rings. The molecule has 2 atom stereocenters. The zero-order valence-electron chi connectivity index (χ0n) is 13.2. The first-order valence-corrected chi connectivity index (χ1v) is 7.54. The first kappa shape index (κ1) is 18.0. The van der Waals surface area contributed by atoms with Gasteiger partial charge in [-0.05, 0) is 36.6 Å². The summed E-state index contributed by atoms with van der Waals surface area (Å²) in [6, 6.07) is 12.9. The summed E-state index contributed by atoms with van der Waals surface area (Å²) in [5, 5.41) is 2.73. The Morgan fingerprint density at radius 2 is 1.67 bits per heavy atom. The molecule has 2 rings (SSSR count). The van der Waals surface area contributed by atoms with Crippen LogP contribution in [-0.4, -0.2) is 11.9 Å². The van der Waals surface area contributed by atoms with Gasteiger partial charge in [-0.15, -0.1) is 0 Å². The third-order valence-corrected chi connectivity index (χ3v) is 3.73. The monoisotopic (exact) mass is 336 g/mol. The number of amides is 1. The van der Waals surface area contributed by atoms with Crippen LogP contribution in [0, 0.1) is 0 Å². The van der Waals surface area contributed by atoms with Crippen molar-refractivity contribution in [1.82, 2.24) is 5.32 Å². The summed E-state index contributed by atoms with van der Waals surface area (Å²) >= 11 is 0. The quantitative estimate of drug-likeness (QED) is 0.879. The van der Waals surface area contributed by atoms with E-state index in [2.05, 4.69) is 5.32 Å². The smallest absolute Gasteiger partial charge is 0.348 e. The van der Waals surface area contributed by atoms with Crippen LogP contribution >= 0.6 is 0 Å². The van der Waals surface area contributed by atoms with Gasteiger partial charge in [0.25, 0.3) is 0 Å². The van der Waals surface area contributed by atoms with Gasteiger partial charge in [0.2, 0.25) is 5.91 Å². The van der Waals surface area contributed by atoms with Gasteiger partial charge in [-0.3, -0.25) is 4.79 Å². The third kappa shape index (κ3) is 4.83. The van der Waals surface area contributed by atoms with Crippen LogP contribution in [0.5, 0.6) is 0 Å². The summed E-state index contributed by atoms with van der Waals surface area (Å²) in [4.78, 5) is 12.1. The second-order valence-electron chi connectivity index (χ2n) is 5.65. The molecule has 3 nitrogen and oxygen atoms in total. The average molecular weight is 336 g/mol. The van der Waals surface area contributed by atoms with Crippen LogP contribution in [0.25, 0.3) is 0 Å². The van der Waals surface area contributed by atoms with Gasteiger partial charge < -0.3 is 11.1 Å². The highest BCUT2D eigenvalue weighted by molar-refractivity contribution is 5.82. The van der Waals surface area contributed by atoms with Gasteiger partial charge in [-0.1, -0.05) is 42.5 Å². The fourth-order valence-electron chi connectivity index (χ4n) is 2.33. The van der Waals surface area contributed by atoms with Crippen molar-refractivity contribution in [3.63, 3.8) is 0 Å². The van der Waals surface area contributed by atoms with Crippen LogP contribution in [0.15, 0.2) is 54.6 Å². The Morgan fingerprint density at radius 3 is 2.21 bits per heavy atom. The number of rotatable bonds is 5. The van der Waals surface area contributed by atoms with Crippen LogP contribution in [0.2, 0.25) is 0 Å². The van der Waals surface area contributed by atoms with Gasteiger partial charge in [0.1, 0.15) is 0 Å². The second-order valence-corrected chi connectivity index (χ2v) is 5.65. The molecule has 0 aliphatic rings. The first-order valence-electron chi connectivity index (χ1n) is 7.54. The molecule has 128 valence electrons. The van der Waals surface area contributed by atoms with Crippen molar-refractivity contribution in [2.24, 2.45) is 5.73 Å². The fraction of sp³-hybridized carbons (Fsp3) is 0.278. The zero-order chi connectivity index (χ0) is 17.7. The van der Waals surface area contributed by atoms with Gasteiger partial charge in [0.15, 0.2) is 0 Å². The minimum atomic E-state index is -4.37. The maximum Gasteiger partial charge on any atom is 0.416 e. The summed E-state index contributed by atoms with van der Waals surface area (Å²) in [7, 11) is 0. The Bertz CT molecular complexity index is 669. The van der Waals surface area contributed by atoms with Crippen LogP contribution in [-0.2, 0) is 17.4 Å². The van der Waals surface area contributed by atoms with Crippen LogP contribution in [0.1, 0.15) is 29.7 Å². The molecule has 0 heterocycles. The van der Waals surface area contributed by atoms with Gasteiger partial charge >= 0.3 is 6.18 Å². The highest BCUT2D eigenvalue weighted by atomic mass is 19.4. The summed E-state index contributed by atoms with van der Waals surface area (Å²) in [5.74, 6) is -0.341. The lowest BCUT2D eigenvalue weighted by Gasteiger charge is -2.18. The number of benzene rings is 2. The number of hydrogen-bond acceptors (Lipinski definition) is 2. The van der Waals surface area contributed by atoms with Crippen molar-refractivity contribution in [3.8, 4) is 0 Å². The molecule has 2 aromatic carbocycles. The summed E-state index contributed by atoms with van der Waals surface area (Å²) in [6.45, 7) is 1.70. The minimum absolute atomic E-state index is 0.341. The molecule has 0 saturated carbocycles. The van der Waals surface area contributed by atoms with E-state index in [0.29, 0.717) is 12.0 Å². The van der Waals surface area contributed by atoms with Crippen LogP contribution in [0.3, 0.4) is 0 Å². The number of alkyl halides is 3. The van der Waals surface area contributed by atoms with Gasteiger partial charge in [0.05, 0.1) is 17.6 Å². The third-order valence-electron chi connectivity index (χ3n) is 3.73. The van der Waals surface area contributed by atoms with E-state index in [1.807, 2.05) is 30.3 Å². The van der Waals surface area contributed by atoms with Gasteiger partial charge in [-0.25, -0.2) is 0 Å². The first-order chi connectivity index (χ1) is 11.3. The Morgan fingerprint density at radius 1 is 1.08 bits per heavy atom. The predicted octanol–water partition coefficient (Wildman–Crippen LogP) is 3.45. The average Bonchev–Trinajstić information content (AvgIpc) is 2.55. The zero-order valence-corrected chi connectivity index (χ0v) is 13.2. The Hall–Kier alpha value is -2.34. The molecule has 0 bridgehead atoms. The molecule has 0 aromatic heterocycles. The van der Waals surface area contributed by atoms with Crippen LogP contribution < -0.4 is 11.1 Å². The Balaban J connectivity index is 1.95. The van der Waals surface area contributed by atoms with E-state index in [4.69, 9.17) is 5.73 Å². The Labute approximate surface area is 138 Å². The molecule has 0 aliphatic carbocycles. The fourth-order valence-corrected chi connectivity index (χ4v) is 2.33. The standard InChI is InChI=1S/C18H19F3N2O/c1-12(14-7-9-15(10-8-14)18(19,20)21)23-17(24)16(22)11-13-5-3-2-4-6-13/h2-10,12,16H,11,22H2,1H3,(H,23,24)/t12?,16-/m0/s1. The van der Waals surface area contributed by atoms with E-state index in [9.17, 15) is 18.0 Å². The molecule has 0 fully saturated rings. The number of hydrogen-bond donors (Lipinski definition) is 2. The molecule has 0 saturated heterocycles. The molecule has 0 aliphatic heterocycles. The van der Waals surface area contributed by atoms with E-state index in [0.717, 1.165) is 17.7 Å². The van der Waals surface area contributed by atoms with Crippen molar-refractivity contribution in [2.45, 2.75) is 31.6 Å². The second kappa shape index (κ2) is 7.49. The maximum atomic E-state index is 12.6. The normalized spacial score (nSPS) is 14.0. The molecule has 0 spiro atoms. The van der Waals surface area contributed by atoms with Crippen molar-refractivity contribution in [2.75, 3.05) is 0 Å². The molecular formula is C18H19F3N2O. The lowest BCUT2D eigenvalue weighted by atomic mass is 10.0. The van der Waals surface area contributed by atoms with E-state index in [1.54, 1.807) is 6.92 Å². The number of halogens is 3. The highest BCUT2D eigenvalue weighted by Crippen LogP contribution is 2.29. The van der Waals surface area contributed by atoms with Crippen molar-refractivity contribution < 1.29 is 18.0 Å². The molecule has 1 unspecified atom stereocenters. The Kier molecular flexibility index (Phi) is 5.62. The summed E-state index contributed by atoms with van der Waals surface area (Å²) in [5.41, 5.74) is 6.71. The SMILES string of the molecule is CC(NC(=O)[C@@H](N)Cc1ccccc1)c1ccc(C(F)(F)F)cc1. The van der Waals surface area contributed by atoms with Crippen LogP contribution in [0.4, 0.5) is 13.2 Å². The predicted molar refractivity (Wildman–Crippen MR) is 86.1 cm³/mol. The van der Waals surface area contributed by atoms with Gasteiger partial charge in [-0.2, -0.15) is 13.2 Å². The number of nitrogens with one attached hydrogen (secondary N) is 1. The number of nitrogens with two attached hydrogens (primary N) is 1. The lowest BCUT2D eigenvalue weighted by molar-refractivity contribution is -0.137. The van der Waals surface area contributed by atoms with E-state index >= 15 is 0 Å². The van der Waals surface area contributed by atoms with Crippen molar-refractivity contribution >= 4 is 5.91 Å². The number of carbonyl (C=O) groups is 1. The molecular weight excluding hydrogens is 317 g/mol. The van der Waals surface area contributed by atoms with Crippen molar-refractivity contribution in [3.05, 3.63) is 71.3 Å². The van der Waals surface area contributed by atoms with E-state index in [1.165, 1.54) is 12.1 Å². The lowest BCUT2D eigenvalue weighted by Crippen LogP contribution is -2.42. The van der Waals surface area contributed by atoms with Gasteiger partial charge in [0, 0.05) is 0 Å². The number of carbonyl (C=O) groups excluding carboxylic acids is 1. The van der Waals surface area contributed by atoms with E-state index in [-0.39, 0.29) is 5.91 Å². The minimum Gasteiger partial charge on any atom is -0.348 e. The summed E-state index contributed by atoms with van der Waals surface area (Å²) in [6.07, 6.45) is -3.98.